The summed E-state index contributed by atoms with van der Waals surface area (Å²) in [6.45, 7) is 2.52. The van der Waals surface area contributed by atoms with Gasteiger partial charge in [0.25, 0.3) is 0 Å². The van der Waals surface area contributed by atoms with E-state index in [4.69, 9.17) is 4.42 Å². The maximum atomic E-state index is 13.5. The van der Waals surface area contributed by atoms with Gasteiger partial charge in [-0.15, -0.1) is 5.10 Å². The molecule has 150 valence electrons. The smallest absolute Gasteiger partial charge is 0.393 e. The molecule has 9 heteroatoms. The van der Waals surface area contributed by atoms with Gasteiger partial charge in [-0.2, -0.15) is 4.68 Å². The molecular formula is C20H20FN5O3. The van der Waals surface area contributed by atoms with E-state index in [9.17, 15) is 14.0 Å². The number of aromatic nitrogens is 4. The van der Waals surface area contributed by atoms with Crippen LogP contribution >= 0.6 is 0 Å². The Hall–Kier alpha value is -3.36. The molecule has 1 amide bonds. The predicted octanol–water partition coefficient (Wildman–Crippen LogP) is 2.15. The van der Waals surface area contributed by atoms with Crippen LogP contribution in [0, 0.1) is 12.7 Å². The first-order valence-electron chi connectivity index (χ1n) is 9.41. The summed E-state index contributed by atoms with van der Waals surface area (Å²) in [5.74, 6) is -0.0684. The molecule has 1 aliphatic heterocycles. The van der Waals surface area contributed by atoms with E-state index in [0.717, 1.165) is 4.68 Å². The van der Waals surface area contributed by atoms with Gasteiger partial charge in [0.1, 0.15) is 18.2 Å². The maximum Gasteiger partial charge on any atom is 0.437 e. The molecule has 0 spiro atoms. The molecule has 0 atom stereocenters. The number of hydrogen-bond donors (Lipinski definition) is 0. The number of nitrogens with zero attached hydrogens (tertiary/aromatic N) is 5. The van der Waals surface area contributed by atoms with Gasteiger partial charge in [-0.1, -0.05) is 12.1 Å². The predicted molar refractivity (Wildman–Crippen MR) is 101 cm³/mol. The van der Waals surface area contributed by atoms with Crippen molar-refractivity contribution in [2.45, 2.75) is 32.2 Å². The Morgan fingerprint density at radius 1 is 1.28 bits per heavy atom. The molecule has 0 aliphatic carbocycles. The lowest BCUT2D eigenvalue weighted by atomic mass is 9.95. The number of benzene rings is 1. The highest BCUT2D eigenvalue weighted by Crippen LogP contribution is 2.27. The van der Waals surface area contributed by atoms with Crippen LogP contribution in [0.2, 0.25) is 0 Å². The lowest BCUT2D eigenvalue weighted by Crippen LogP contribution is -2.41. The number of rotatable bonds is 4. The zero-order valence-electron chi connectivity index (χ0n) is 15.9. The SMILES string of the molecule is Cc1nn(CC(=O)N2CCC(c3nccc(-c4cccc(F)c4)n3)CC2)c(=O)o1. The molecule has 0 radical (unpaired) electrons. The quantitative estimate of drug-likeness (QED) is 0.670. The van der Waals surface area contributed by atoms with Crippen molar-refractivity contribution in [1.82, 2.24) is 24.6 Å². The van der Waals surface area contributed by atoms with Crippen molar-refractivity contribution < 1.29 is 13.6 Å². The average molecular weight is 397 g/mol. The van der Waals surface area contributed by atoms with Gasteiger partial charge < -0.3 is 9.32 Å². The van der Waals surface area contributed by atoms with E-state index in [1.54, 1.807) is 30.2 Å². The van der Waals surface area contributed by atoms with Crippen LogP contribution in [-0.2, 0) is 11.3 Å². The summed E-state index contributed by atoms with van der Waals surface area (Å²) in [5, 5.41) is 3.90. The zero-order chi connectivity index (χ0) is 20.4. The molecule has 4 rings (SSSR count). The summed E-state index contributed by atoms with van der Waals surface area (Å²) in [6.07, 6.45) is 3.11. The second-order valence-electron chi connectivity index (χ2n) is 7.01. The van der Waals surface area contributed by atoms with Gasteiger partial charge in [0, 0.05) is 37.7 Å². The van der Waals surface area contributed by atoms with Gasteiger partial charge in [0.2, 0.25) is 11.8 Å². The highest BCUT2D eigenvalue weighted by molar-refractivity contribution is 5.76. The van der Waals surface area contributed by atoms with Crippen molar-refractivity contribution in [3.05, 3.63) is 64.6 Å². The number of likely N-dealkylation sites (tertiary alicyclic amines) is 1. The Kier molecular flexibility index (Phi) is 5.20. The van der Waals surface area contributed by atoms with E-state index in [2.05, 4.69) is 15.1 Å². The average Bonchev–Trinajstić information content (AvgIpc) is 3.05. The number of piperidine rings is 1. The fourth-order valence-corrected chi connectivity index (χ4v) is 3.50. The van der Waals surface area contributed by atoms with Gasteiger partial charge >= 0.3 is 5.76 Å². The largest absolute Gasteiger partial charge is 0.437 e. The molecule has 1 saturated heterocycles. The van der Waals surface area contributed by atoms with Crippen LogP contribution in [0.1, 0.15) is 30.5 Å². The molecule has 1 aliphatic rings. The highest BCUT2D eigenvalue weighted by atomic mass is 19.1. The van der Waals surface area contributed by atoms with Crippen LogP contribution in [0.5, 0.6) is 0 Å². The Morgan fingerprint density at radius 3 is 2.76 bits per heavy atom. The minimum atomic E-state index is -0.631. The maximum absolute atomic E-state index is 13.5. The summed E-state index contributed by atoms with van der Waals surface area (Å²) in [5.41, 5.74) is 1.38. The minimum absolute atomic E-state index is 0.115. The molecule has 3 aromatic rings. The van der Waals surface area contributed by atoms with Crippen molar-refractivity contribution in [2.75, 3.05) is 13.1 Å². The van der Waals surface area contributed by atoms with E-state index in [1.165, 1.54) is 12.1 Å². The molecule has 1 fully saturated rings. The van der Waals surface area contributed by atoms with Crippen LogP contribution in [0.25, 0.3) is 11.3 Å². The van der Waals surface area contributed by atoms with Crippen LogP contribution < -0.4 is 5.76 Å². The van der Waals surface area contributed by atoms with Crippen LogP contribution in [0.3, 0.4) is 0 Å². The van der Waals surface area contributed by atoms with E-state index in [0.29, 0.717) is 43.0 Å². The van der Waals surface area contributed by atoms with E-state index >= 15 is 0 Å². The van der Waals surface area contributed by atoms with Gasteiger partial charge in [0.05, 0.1) is 5.69 Å². The zero-order valence-corrected chi connectivity index (χ0v) is 15.9. The molecule has 0 N–H and O–H groups in total. The molecular weight excluding hydrogens is 377 g/mol. The molecule has 29 heavy (non-hydrogen) atoms. The molecule has 2 aromatic heterocycles. The number of carbonyl (C=O) groups excluding carboxylic acids is 1. The van der Waals surface area contributed by atoms with Crippen molar-refractivity contribution in [3.8, 4) is 11.3 Å². The second-order valence-corrected chi connectivity index (χ2v) is 7.01. The molecule has 1 aromatic carbocycles. The fourth-order valence-electron chi connectivity index (χ4n) is 3.50. The number of hydrogen-bond acceptors (Lipinski definition) is 6. The molecule has 0 bridgehead atoms. The Labute approximate surface area is 166 Å². The van der Waals surface area contributed by atoms with E-state index in [1.807, 2.05) is 6.07 Å². The molecule has 3 heterocycles. The lowest BCUT2D eigenvalue weighted by molar-refractivity contribution is -0.133. The number of halogens is 1. The topological polar surface area (TPSA) is 94.1 Å². The van der Waals surface area contributed by atoms with Crippen LogP contribution in [0.15, 0.2) is 45.7 Å². The van der Waals surface area contributed by atoms with Crippen molar-refractivity contribution in [2.24, 2.45) is 0 Å². The number of carbonyl (C=O) groups is 1. The number of amides is 1. The minimum Gasteiger partial charge on any atom is -0.393 e. The standard InChI is InChI=1S/C20H20FN5O3/c1-13-24-26(20(28)29-13)12-18(27)25-9-6-14(7-10-25)19-22-8-5-17(23-19)15-3-2-4-16(21)11-15/h2-5,8,11,14H,6-7,9-10,12H2,1H3. The van der Waals surface area contributed by atoms with Crippen molar-refractivity contribution in [3.63, 3.8) is 0 Å². The van der Waals surface area contributed by atoms with Crippen molar-refractivity contribution >= 4 is 5.91 Å². The summed E-state index contributed by atoms with van der Waals surface area (Å²) in [4.78, 5) is 34.8. The summed E-state index contributed by atoms with van der Waals surface area (Å²) < 4.78 is 19.4. The van der Waals surface area contributed by atoms with Gasteiger partial charge in [0.15, 0.2) is 0 Å². The first-order chi connectivity index (χ1) is 14.0. The Morgan fingerprint density at radius 2 is 2.07 bits per heavy atom. The normalized spacial score (nSPS) is 14.9. The molecule has 0 unspecified atom stereocenters. The third-order valence-electron chi connectivity index (χ3n) is 5.00. The van der Waals surface area contributed by atoms with Gasteiger partial charge in [-0.25, -0.2) is 19.2 Å². The first kappa shape index (κ1) is 19.0. The number of aryl methyl sites for hydroxylation is 1. The summed E-state index contributed by atoms with van der Waals surface area (Å²) >= 11 is 0. The Balaban J connectivity index is 1.41. The van der Waals surface area contributed by atoms with Crippen LogP contribution in [-0.4, -0.2) is 43.6 Å². The molecule has 0 saturated carbocycles. The summed E-state index contributed by atoms with van der Waals surface area (Å²) in [7, 11) is 0. The van der Waals surface area contributed by atoms with E-state index in [-0.39, 0.29) is 30.1 Å². The first-order valence-corrected chi connectivity index (χ1v) is 9.41. The summed E-state index contributed by atoms with van der Waals surface area (Å²) in [6, 6.07) is 8.06. The van der Waals surface area contributed by atoms with Crippen LogP contribution in [0.4, 0.5) is 4.39 Å². The Bertz CT molecular complexity index is 1090. The lowest BCUT2D eigenvalue weighted by Gasteiger charge is -2.31. The molecule has 8 nitrogen and oxygen atoms in total. The van der Waals surface area contributed by atoms with E-state index < -0.39 is 5.76 Å². The fraction of sp³-hybridized carbons (Fsp3) is 0.350. The third-order valence-corrected chi connectivity index (χ3v) is 5.00. The van der Waals surface area contributed by atoms with Crippen molar-refractivity contribution in [1.29, 1.82) is 0 Å². The van der Waals surface area contributed by atoms with Gasteiger partial charge in [-0.05, 0) is 31.0 Å². The highest BCUT2D eigenvalue weighted by Gasteiger charge is 2.26. The second kappa shape index (κ2) is 7.94. The monoisotopic (exact) mass is 397 g/mol. The third kappa shape index (κ3) is 4.23. The van der Waals surface area contributed by atoms with Gasteiger partial charge in [-0.3, -0.25) is 4.79 Å².